The second kappa shape index (κ2) is 8.40. The molecule has 1 saturated carbocycles. The molecule has 1 aliphatic carbocycles. The van der Waals surface area contributed by atoms with Crippen molar-refractivity contribution in [1.82, 2.24) is 15.0 Å². The summed E-state index contributed by atoms with van der Waals surface area (Å²) < 4.78 is 47.2. The van der Waals surface area contributed by atoms with E-state index in [0.717, 1.165) is 24.4 Å². The number of nitrogens with one attached hydrogen (secondary N) is 1. The minimum Gasteiger partial charge on any atom is -0.441 e. The SMILES string of the molecule is Cc1cccc(N2CC3(CCC(c4nc5ccc(OC(F)(F)F)cc5[nH]4)CC3)OC2=O)n1.Cl. The molecule has 0 atom stereocenters. The quantitative estimate of drug-likeness (QED) is 0.522. The number of alkyl halides is 3. The smallest absolute Gasteiger partial charge is 0.441 e. The number of carbonyl (C=O) groups excluding carboxylic acids is 1. The molecular formula is C22H22ClF3N4O3. The third-order valence-electron chi connectivity index (χ3n) is 6.11. The van der Waals surface area contributed by atoms with Crippen LogP contribution < -0.4 is 9.64 Å². The zero-order valence-corrected chi connectivity index (χ0v) is 18.5. The molecule has 1 saturated heterocycles. The molecule has 0 radical (unpaired) electrons. The van der Waals surface area contributed by atoms with E-state index in [1.54, 1.807) is 11.0 Å². The summed E-state index contributed by atoms with van der Waals surface area (Å²) in [6.07, 6.45) is -2.30. The predicted octanol–water partition coefficient (Wildman–Crippen LogP) is 5.64. The zero-order valence-electron chi connectivity index (χ0n) is 17.7. The van der Waals surface area contributed by atoms with Gasteiger partial charge >= 0.3 is 12.5 Å². The Labute approximate surface area is 193 Å². The van der Waals surface area contributed by atoms with Gasteiger partial charge in [0, 0.05) is 17.7 Å². The van der Waals surface area contributed by atoms with Gasteiger partial charge in [0.15, 0.2) is 0 Å². The molecule has 1 aromatic carbocycles. The van der Waals surface area contributed by atoms with Gasteiger partial charge in [0.1, 0.15) is 23.0 Å². The van der Waals surface area contributed by atoms with Gasteiger partial charge in [-0.2, -0.15) is 0 Å². The highest BCUT2D eigenvalue weighted by Crippen LogP contribution is 2.43. The number of pyridine rings is 1. The molecule has 3 heterocycles. The van der Waals surface area contributed by atoms with Gasteiger partial charge in [0.25, 0.3) is 0 Å². The topological polar surface area (TPSA) is 80.3 Å². The Morgan fingerprint density at radius 2 is 1.94 bits per heavy atom. The van der Waals surface area contributed by atoms with Crippen LogP contribution in [0, 0.1) is 6.92 Å². The number of aromatic amines is 1. The number of anilines is 1. The second-order valence-corrected chi connectivity index (χ2v) is 8.40. The molecule has 1 N–H and O–H groups in total. The number of aromatic nitrogens is 3. The number of hydrogen-bond donors (Lipinski definition) is 1. The number of fused-ring (bicyclic) bond motifs is 1. The Kier molecular flexibility index (Phi) is 5.90. The Bertz CT molecular complexity index is 1180. The normalized spacial score (nSPS) is 23.0. The molecule has 11 heteroatoms. The Hall–Kier alpha value is -3.01. The van der Waals surface area contributed by atoms with E-state index in [9.17, 15) is 18.0 Å². The van der Waals surface area contributed by atoms with Crippen molar-refractivity contribution in [2.24, 2.45) is 0 Å². The van der Waals surface area contributed by atoms with Crippen LogP contribution in [0.3, 0.4) is 0 Å². The van der Waals surface area contributed by atoms with Crippen molar-refractivity contribution in [3.63, 3.8) is 0 Å². The van der Waals surface area contributed by atoms with Gasteiger partial charge in [-0.15, -0.1) is 25.6 Å². The van der Waals surface area contributed by atoms with Gasteiger partial charge in [0.2, 0.25) is 0 Å². The third kappa shape index (κ3) is 4.71. The first-order valence-corrected chi connectivity index (χ1v) is 10.4. The summed E-state index contributed by atoms with van der Waals surface area (Å²) in [5.41, 5.74) is 1.34. The number of imidazole rings is 1. The van der Waals surface area contributed by atoms with Crippen LogP contribution in [0.15, 0.2) is 36.4 Å². The van der Waals surface area contributed by atoms with E-state index in [-0.39, 0.29) is 30.2 Å². The van der Waals surface area contributed by atoms with Crippen LogP contribution >= 0.6 is 12.4 Å². The number of carbonyl (C=O) groups is 1. The van der Waals surface area contributed by atoms with Gasteiger partial charge in [0.05, 0.1) is 17.6 Å². The fourth-order valence-corrected chi connectivity index (χ4v) is 4.56. The molecule has 1 spiro atoms. The van der Waals surface area contributed by atoms with Crippen molar-refractivity contribution >= 4 is 35.4 Å². The Balaban J connectivity index is 0.00000259. The first-order valence-electron chi connectivity index (χ1n) is 10.4. The van der Waals surface area contributed by atoms with Crippen LogP contribution in [0.5, 0.6) is 5.75 Å². The largest absolute Gasteiger partial charge is 0.573 e. The van der Waals surface area contributed by atoms with Gasteiger partial charge in [-0.25, -0.2) is 14.8 Å². The molecule has 33 heavy (non-hydrogen) atoms. The molecular weight excluding hydrogens is 461 g/mol. The Morgan fingerprint density at radius 1 is 1.18 bits per heavy atom. The standard InChI is InChI=1S/C22H21F3N4O3.ClH/c1-13-3-2-4-18(26-13)29-12-21(32-20(29)30)9-7-14(8-10-21)19-27-16-6-5-15(11-17(16)28-19)31-22(23,24)25;/h2-6,11,14H,7-10,12H2,1H3,(H,27,28);1H. The summed E-state index contributed by atoms with van der Waals surface area (Å²) in [7, 11) is 0. The minimum atomic E-state index is -4.74. The number of benzene rings is 1. The summed E-state index contributed by atoms with van der Waals surface area (Å²) in [6, 6.07) is 9.59. The van der Waals surface area contributed by atoms with Crippen molar-refractivity contribution in [3.05, 3.63) is 47.9 Å². The number of halogens is 4. The fourth-order valence-electron chi connectivity index (χ4n) is 4.56. The summed E-state index contributed by atoms with van der Waals surface area (Å²) in [5.74, 6) is 1.12. The summed E-state index contributed by atoms with van der Waals surface area (Å²) >= 11 is 0. The number of amides is 1. The van der Waals surface area contributed by atoms with Gasteiger partial charge < -0.3 is 14.5 Å². The van der Waals surface area contributed by atoms with Crippen LogP contribution in [0.4, 0.5) is 23.8 Å². The molecule has 0 unspecified atom stereocenters. The molecule has 1 amide bonds. The number of nitrogens with zero attached hydrogens (tertiary/aromatic N) is 3. The average Bonchev–Trinajstić information content (AvgIpc) is 3.28. The predicted molar refractivity (Wildman–Crippen MR) is 117 cm³/mol. The van der Waals surface area contributed by atoms with E-state index in [1.807, 2.05) is 19.1 Å². The number of ether oxygens (including phenoxy) is 2. The third-order valence-corrected chi connectivity index (χ3v) is 6.11. The van der Waals surface area contributed by atoms with E-state index in [1.165, 1.54) is 18.2 Å². The van der Waals surface area contributed by atoms with E-state index >= 15 is 0 Å². The first-order chi connectivity index (χ1) is 15.2. The lowest BCUT2D eigenvalue weighted by atomic mass is 9.78. The lowest BCUT2D eigenvalue weighted by Gasteiger charge is -2.34. The maximum Gasteiger partial charge on any atom is 0.573 e. The highest BCUT2D eigenvalue weighted by molar-refractivity contribution is 5.89. The van der Waals surface area contributed by atoms with E-state index in [4.69, 9.17) is 4.74 Å². The molecule has 7 nitrogen and oxygen atoms in total. The lowest BCUT2D eigenvalue weighted by molar-refractivity contribution is -0.274. The van der Waals surface area contributed by atoms with Crippen molar-refractivity contribution in [1.29, 1.82) is 0 Å². The maximum atomic E-state index is 12.5. The highest BCUT2D eigenvalue weighted by atomic mass is 35.5. The summed E-state index contributed by atoms with van der Waals surface area (Å²) in [5, 5.41) is 0. The summed E-state index contributed by atoms with van der Waals surface area (Å²) in [4.78, 5) is 26.2. The minimum absolute atomic E-state index is 0. The molecule has 2 fully saturated rings. The monoisotopic (exact) mass is 482 g/mol. The van der Waals surface area contributed by atoms with Crippen LogP contribution in [0.2, 0.25) is 0 Å². The van der Waals surface area contributed by atoms with Crippen LogP contribution in [-0.4, -0.2) is 39.6 Å². The van der Waals surface area contributed by atoms with Crippen molar-refractivity contribution in [2.45, 2.75) is 50.5 Å². The van der Waals surface area contributed by atoms with Gasteiger partial charge in [-0.05, 0) is 56.9 Å². The fraction of sp³-hybridized carbons (Fsp3) is 0.409. The number of rotatable bonds is 3. The second-order valence-electron chi connectivity index (χ2n) is 8.40. The van der Waals surface area contributed by atoms with E-state index in [2.05, 4.69) is 19.7 Å². The average molecular weight is 483 g/mol. The van der Waals surface area contributed by atoms with Crippen molar-refractivity contribution in [2.75, 3.05) is 11.4 Å². The van der Waals surface area contributed by atoms with Gasteiger partial charge in [-0.1, -0.05) is 6.07 Å². The number of H-pyrrole nitrogens is 1. The highest BCUT2D eigenvalue weighted by Gasteiger charge is 2.48. The number of aryl methyl sites for hydroxylation is 1. The van der Waals surface area contributed by atoms with Crippen LogP contribution in [-0.2, 0) is 4.74 Å². The molecule has 2 aliphatic rings. The molecule has 0 bridgehead atoms. The molecule has 5 rings (SSSR count). The van der Waals surface area contributed by atoms with E-state index in [0.29, 0.717) is 36.2 Å². The van der Waals surface area contributed by atoms with Gasteiger partial charge in [-0.3, -0.25) is 4.90 Å². The van der Waals surface area contributed by atoms with Crippen LogP contribution in [0.25, 0.3) is 11.0 Å². The maximum absolute atomic E-state index is 12.5. The lowest BCUT2D eigenvalue weighted by Crippen LogP contribution is -2.38. The molecule has 3 aromatic rings. The Morgan fingerprint density at radius 3 is 2.64 bits per heavy atom. The molecule has 1 aliphatic heterocycles. The van der Waals surface area contributed by atoms with Crippen LogP contribution in [0.1, 0.15) is 43.1 Å². The summed E-state index contributed by atoms with van der Waals surface area (Å²) in [6.45, 7) is 2.32. The van der Waals surface area contributed by atoms with E-state index < -0.39 is 12.0 Å². The molecule has 2 aromatic heterocycles. The first kappa shape index (κ1) is 23.2. The number of hydrogen-bond acceptors (Lipinski definition) is 5. The molecule has 176 valence electrons. The zero-order chi connectivity index (χ0) is 22.5. The van der Waals surface area contributed by atoms with Crippen molar-refractivity contribution < 1.29 is 27.4 Å². The van der Waals surface area contributed by atoms with Crippen molar-refractivity contribution in [3.8, 4) is 5.75 Å².